The molecule has 0 aliphatic carbocycles. The van der Waals surface area contributed by atoms with E-state index in [9.17, 15) is 0 Å². The summed E-state index contributed by atoms with van der Waals surface area (Å²) in [4.78, 5) is 0. The van der Waals surface area contributed by atoms with Crippen LogP contribution >= 0.6 is 11.3 Å². The lowest BCUT2D eigenvalue weighted by molar-refractivity contribution is 0.0652. The highest BCUT2D eigenvalue weighted by atomic mass is 32.1. The molecular weight excluding hydrogens is 234 g/mol. The van der Waals surface area contributed by atoms with Crippen molar-refractivity contribution in [3.8, 4) is 0 Å². The van der Waals surface area contributed by atoms with Crippen LogP contribution in [-0.2, 0) is 17.8 Å². The molecule has 4 nitrogen and oxygen atoms in total. The van der Waals surface area contributed by atoms with Gasteiger partial charge in [0, 0.05) is 12.5 Å². The van der Waals surface area contributed by atoms with Crippen molar-refractivity contribution in [3.63, 3.8) is 0 Å². The van der Waals surface area contributed by atoms with E-state index < -0.39 is 0 Å². The zero-order valence-corrected chi connectivity index (χ0v) is 12.0. The van der Waals surface area contributed by atoms with Crippen LogP contribution in [0.15, 0.2) is 0 Å². The molecule has 0 bridgehead atoms. The SMILES string of the molecule is CC(C)NCCCc1nnc(COC(C)C)s1. The van der Waals surface area contributed by atoms with E-state index in [1.807, 2.05) is 13.8 Å². The Kier molecular flexibility index (Phi) is 6.62. The minimum atomic E-state index is 0.248. The number of hydrogen-bond acceptors (Lipinski definition) is 5. The van der Waals surface area contributed by atoms with E-state index >= 15 is 0 Å². The van der Waals surface area contributed by atoms with Gasteiger partial charge < -0.3 is 10.1 Å². The van der Waals surface area contributed by atoms with Crippen LogP contribution in [0.3, 0.4) is 0 Å². The molecule has 1 N–H and O–H groups in total. The van der Waals surface area contributed by atoms with Crippen molar-refractivity contribution >= 4 is 11.3 Å². The van der Waals surface area contributed by atoms with Gasteiger partial charge in [0.05, 0.1) is 6.10 Å². The maximum atomic E-state index is 5.49. The molecule has 1 rings (SSSR count). The first-order chi connectivity index (χ1) is 8.08. The average molecular weight is 257 g/mol. The van der Waals surface area contributed by atoms with Crippen LogP contribution in [0.4, 0.5) is 0 Å². The molecule has 0 aliphatic rings. The number of nitrogens with zero attached hydrogens (tertiary/aromatic N) is 2. The lowest BCUT2D eigenvalue weighted by Gasteiger charge is -2.05. The summed E-state index contributed by atoms with van der Waals surface area (Å²) in [5, 5.41) is 13.8. The van der Waals surface area contributed by atoms with Crippen LogP contribution in [0.2, 0.25) is 0 Å². The fraction of sp³-hybridized carbons (Fsp3) is 0.833. The predicted molar refractivity (Wildman–Crippen MR) is 71.3 cm³/mol. The molecule has 0 saturated heterocycles. The number of aryl methyl sites for hydroxylation is 1. The number of rotatable bonds is 8. The summed E-state index contributed by atoms with van der Waals surface area (Å²) < 4.78 is 5.49. The van der Waals surface area contributed by atoms with Crippen molar-refractivity contribution in [2.24, 2.45) is 0 Å². The molecule has 17 heavy (non-hydrogen) atoms. The van der Waals surface area contributed by atoms with Gasteiger partial charge in [0.25, 0.3) is 0 Å². The lowest BCUT2D eigenvalue weighted by atomic mass is 10.3. The van der Waals surface area contributed by atoms with Crippen molar-refractivity contribution in [1.82, 2.24) is 15.5 Å². The number of nitrogens with one attached hydrogen (secondary N) is 1. The maximum Gasteiger partial charge on any atom is 0.143 e. The summed E-state index contributed by atoms with van der Waals surface area (Å²) in [5.41, 5.74) is 0. The number of ether oxygens (including phenoxy) is 1. The highest BCUT2D eigenvalue weighted by Crippen LogP contribution is 2.13. The van der Waals surface area contributed by atoms with E-state index in [0.29, 0.717) is 12.6 Å². The monoisotopic (exact) mass is 257 g/mol. The molecule has 0 atom stereocenters. The molecule has 1 aromatic rings. The van der Waals surface area contributed by atoms with Gasteiger partial charge in [0.2, 0.25) is 0 Å². The second kappa shape index (κ2) is 7.74. The van der Waals surface area contributed by atoms with Gasteiger partial charge in [-0.15, -0.1) is 10.2 Å². The second-order valence-corrected chi connectivity index (χ2v) is 5.81. The Morgan fingerprint density at radius 1 is 1.18 bits per heavy atom. The summed E-state index contributed by atoms with van der Waals surface area (Å²) in [6.45, 7) is 9.99. The van der Waals surface area contributed by atoms with Crippen LogP contribution in [0.1, 0.15) is 44.1 Å². The van der Waals surface area contributed by atoms with Crippen LogP contribution in [0.25, 0.3) is 0 Å². The summed E-state index contributed by atoms with van der Waals surface area (Å²) in [6, 6.07) is 0.555. The Bertz CT molecular complexity index is 312. The molecule has 1 heterocycles. The van der Waals surface area contributed by atoms with Crippen molar-refractivity contribution in [2.45, 2.75) is 59.3 Å². The summed E-state index contributed by atoms with van der Waals surface area (Å²) in [6.07, 6.45) is 2.36. The highest BCUT2D eigenvalue weighted by Gasteiger charge is 2.05. The molecule has 0 fully saturated rings. The molecule has 0 aromatic carbocycles. The van der Waals surface area contributed by atoms with Crippen molar-refractivity contribution < 1.29 is 4.74 Å². The van der Waals surface area contributed by atoms with Crippen LogP contribution in [-0.4, -0.2) is 28.9 Å². The standard InChI is InChI=1S/C12H23N3OS/c1-9(2)13-7-5-6-11-14-15-12(17-11)8-16-10(3)4/h9-10,13H,5-8H2,1-4H3. The van der Waals surface area contributed by atoms with Crippen molar-refractivity contribution in [2.75, 3.05) is 6.54 Å². The van der Waals surface area contributed by atoms with Crippen molar-refractivity contribution in [1.29, 1.82) is 0 Å². The Morgan fingerprint density at radius 2 is 1.88 bits per heavy atom. The molecule has 0 amide bonds. The van der Waals surface area contributed by atoms with E-state index in [0.717, 1.165) is 29.4 Å². The Balaban J connectivity index is 2.21. The smallest absolute Gasteiger partial charge is 0.143 e. The van der Waals surface area contributed by atoms with Gasteiger partial charge in [-0.05, 0) is 26.8 Å². The first-order valence-corrected chi connectivity index (χ1v) is 7.06. The zero-order valence-electron chi connectivity index (χ0n) is 11.2. The number of aromatic nitrogens is 2. The largest absolute Gasteiger partial charge is 0.372 e. The lowest BCUT2D eigenvalue weighted by Crippen LogP contribution is -2.23. The molecule has 0 spiro atoms. The van der Waals surface area contributed by atoms with Crippen LogP contribution in [0.5, 0.6) is 0 Å². The summed E-state index contributed by atoms with van der Waals surface area (Å²) >= 11 is 1.66. The predicted octanol–water partition coefficient (Wildman–Crippen LogP) is 2.39. The minimum absolute atomic E-state index is 0.248. The van der Waals surface area contributed by atoms with E-state index in [1.165, 1.54) is 0 Å². The Hall–Kier alpha value is -0.520. The first kappa shape index (κ1) is 14.5. The van der Waals surface area contributed by atoms with Crippen LogP contribution < -0.4 is 5.32 Å². The van der Waals surface area contributed by atoms with Gasteiger partial charge >= 0.3 is 0 Å². The average Bonchev–Trinajstić information content (AvgIpc) is 2.69. The third-order valence-electron chi connectivity index (χ3n) is 2.17. The summed E-state index contributed by atoms with van der Waals surface area (Å²) in [5.74, 6) is 0. The molecule has 5 heteroatoms. The number of hydrogen-bond donors (Lipinski definition) is 1. The molecule has 1 aromatic heterocycles. The van der Waals surface area contributed by atoms with E-state index in [2.05, 4.69) is 29.4 Å². The molecule has 0 aliphatic heterocycles. The van der Waals surface area contributed by atoms with E-state index in [1.54, 1.807) is 11.3 Å². The van der Waals surface area contributed by atoms with Gasteiger partial charge in [-0.2, -0.15) is 0 Å². The highest BCUT2D eigenvalue weighted by molar-refractivity contribution is 7.11. The Labute approximate surface area is 108 Å². The normalized spacial score (nSPS) is 11.6. The van der Waals surface area contributed by atoms with E-state index in [-0.39, 0.29) is 6.10 Å². The molecule has 98 valence electrons. The van der Waals surface area contributed by atoms with Crippen LogP contribution in [0, 0.1) is 0 Å². The van der Waals surface area contributed by atoms with Gasteiger partial charge in [-0.25, -0.2) is 0 Å². The zero-order chi connectivity index (χ0) is 12.7. The van der Waals surface area contributed by atoms with Crippen molar-refractivity contribution in [3.05, 3.63) is 10.0 Å². The topological polar surface area (TPSA) is 47.0 Å². The van der Waals surface area contributed by atoms with Gasteiger partial charge in [-0.1, -0.05) is 25.2 Å². The molecule has 0 radical (unpaired) electrons. The summed E-state index contributed by atoms with van der Waals surface area (Å²) in [7, 11) is 0. The van der Waals surface area contributed by atoms with Gasteiger partial charge in [0.15, 0.2) is 0 Å². The quantitative estimate of drug-likeness (QED) is 0.726. The van der Waals surface area contributed by atoms with E-state index in [4.69, 9.17) is 4.74 Å². The minimum Gasteiger partial charge on any atom is -0.372 e. The van der Waals surface area contributed by atoms with Gasteiger partial charge in [0.1, 0.15) is 16.6 Å². The third-order valence-corrected chi connectivity index (χ3v) is 3.13. The molecule has 0 saturated carbocycles. The maximum absolute atomic E-state index is 5.49. The van der Waals surface area contributed by atoms with Gasteiger partial charge in [-0.3, -0.25) is 0 Å². The fourth-order valence-electron chi connectivity index (χ4n) is 1.32. The Morgan fingerprint density at radius 3 is 2.53 bits per heavy atom. The first-order valence-electron chi connectivity index (χ1n) is 6.24. The second-order valence-electron chi connectivity index (χ2n) is 4.66. The molecular formula is C12H23N3OS. The molecule has 0 unspecified atom stereocenters. The fourth-order valence-corrected chi connectivity index (χ4v) is 2.12. The third kappa shape index (κ3) is 6.71.